The van der Waals surface area contributed by atoms with Gasteiger partial charge in [0.25, 0.3) is 0 Å². The molecule has 0 aliphatic heterocycles. The maximum absolute atomic E-state index is 5.93. The van der Waals surface area contributed by atoms with Crippen LogP contribution in [0.15, 0.2) is 18.3 Å². The molecule has 18 heavy (non-hydrogen) atoms. The summed E-state index contributed by atoms with van der Waals surface area (Å²) < 4.78 is 1.72. The van der Waals surface area contributed by atoms with Crippen LogP contribution in [0, 0.1) is 5.92 Å². The molecule has 0 saturated heterocycles. The minimum Gasteiger partial charge on any atom is -0.350 e. The number of anilines is 1. The molecule has 2 aromatic rings. The number of aromatic nitrogens is 3. The highest BCUT2D eigenvalue weighted by atomic mass is 35.5. The molecule has 0 aromatic carbocycles. The van der Waals surface area contributed by atoms with Crippen molar-refractivity contribution >= 4 is 23.2 Å². The van der Waals surface area contributed by atoms with Gasteiger partial charge >= 0.3 is 0 Å². The van der Waals surface area contributed by atoms with Gasteiger partial charge in [0.2, 0.25) is 5.95 Å². The highest BCUT2D eigenvalue weighted by Gasteiger charge is 2.19. The molecule has 0 amide bonds. The van der Waals surface area contributed by atoms with Crippen LogP contribution in [0.1, 0.15) is 32.6 Å². The fraction of sp³-hybridized carbons (Fsp3) is 0.538. The van der Waals surface area contributed by atoms with Crippen LogP contribution in [0.5, 0.6) is 0 Å². The van der Waals surface area contributed by atoms with Gasteiger partial charge in [0, 0.05) is 12.2 Å². The average Bonchev–Trinajstić information content (AvgIpc) is 2.70. The zero-order chi connectivity index (χ0) is 12.5. The van der Waals surface area contributed by atoms with Crippen LogP contribution in [0.25, 0.3) is 5.65 Å². The lowest BCUT2D eigenvalue weighted by Crippen LogP contribution is -2.26. The summed E-state index contributed by atoms with van der Waals surface area (Å²) in [7, 11) is 0. The van der Waals surface area contributed by atoms with E-state index in [1.165, 1.54) is 25.7 Å². The molecule has 1 saturated carbocycles. The van der Waals surface area contributed by atoms with Crippen molar-refractivity contribution in [1.29, 1.82) is 0 Å². The predicted molar refractivity (Wildman–Crippen MR) is 73.0 cm³/mol. The summed E-state index contributed by atoms with van der Waals surface area (Å²) in [6.07, 6.45) is 6.82. The Morgan fingerprint density at radius 1 is 1.39 bits per heavy atom. The van der Waals surface area contributed by atoms with Gasteiger partial charge in [0.1, 0.15) is 0 Å². The van der Waals surface area contributed by atoms with Crippen LogP contribution < -0.4 is 5.32 Å². The minimum atomic E-state index is 0.502. The molecule has 1 aliphatic carbocycles. The summed E-state index contributed by atoms with van der Waals surface area (Å²) in [5.74, 6) is 1.50. The molecule has 3 rings (SSSR count). The lowest BCUT2D eigenvalue weighted by molar-refractivity contribution is 0.357. The van der Waals surface area contributed by atoms with E-state index in [0.717, 1.165) is 11.6 Å². The third kappa shape index (κ3) is 2.43. The largest absolute Gasteiger partial charge is 0.350 e. The summed E-state index contributed by atoms with van der Waals surface area (Å²) in [6, 6.07) is 4.21. The van der Waals surface area contributed by atoms with Gasteiger partial charge in [-0.15, -0.1) is 5.10 Å². The molecule has 0 spiro atoms. The van der Waals surface area contributed by atoms with Gasteiger partial charge in [-0.1, -0.05) is 31.4 Å². The zero-order valence-electron chi connectivity index (χ0n) is 10.4. The molecular formula is C13H17ClN4. The van der Waals surface area contributed by atoms with Gasteiger partial charge in [-0.2, -0.15) is 4.98 Å². The average molecular weight is 265 g/mol. The Bertz CT molecular complexity index is 551. The number of hydrogen-bond donors (Lipinski definition) is 1. The Hall–Kier alpha value is -1.29. The van der Waals surface area contributed by atoms with E-state index in [-0.39, 0.29) is 0 Å². The Morgan fingerprint density at radius 3 is 3.11 bits per heavy atom. The van der Waals surface area contributed by atoms with E-state index in [2.05, 4.69) is 22.3 Å². The van der Waals surface area contributed by atoms with Crippen LogP contribution in [0.4, 0.5) is 5.95 Å². The smallest absolute Gasteiger partial charge is 0.243 e. The van der Waals surface area contributed by atoms with Gasteiger partial charge in [-0.25, -0.2) is 4.52 Å². The van der Waals surface area contributed by atoms with Crippen LogP contribution in [0.3, 0.4) is 0 Å². The molecule has 0 radical (unpaired) electrons. The van der Waals surface area contributed by atoms with Crippen molar-refractivity contribution in [3.63, 3.8) is 0 Å². The van der Waals surface area contributed by atoms with Crippen LogP contribution in [-0.4, -0.2) is 20.6 Å². The Labute approximate surface area is 111 Å². The molecular weight excluding hydrogens is 248 g/mol. The van der Waals surface area contributed by atoms with Gasteiger partial charge in [0.15, 0.2) is 5.65 Å². The molecule has 1 fully saturated rings. The number of pyridine rings is 1. The van der Waals surface area contributed by atoms with Crippen molar-refractivity contribution in [1.82, 2.24) is 14.6 Å². The van der Waals surface area contributed by atoms with E-state index in [1.54, 1.807) is 10.7 Å². The minimum absolute atomic E-state index is 0.502. The van der Waals surface area contributed by atoms with E-state index < -0.39 is 0 Å². The van der Waals surface area contributed by atoms with Crippen LogP contribution >= 0.6 is 11.6 Å². The first-order valence-corrected chi connectivity index (χ1v) is 6.87. The molecule has 4 nitrogen and oxygen atoms in total. The van der Waals surface area contributed by atoms with Crippen LogP contribution in [-0.2, 0) is 0 Å². The maximum Gasteiger partial charge on any atom is 0.243 e. The molecule has 1 N–H and O–H groups in total. The number of nitrogens with zero attached hydrogens (tertiary/aromatic N) is 3. The first-order valence-electron chi connectivity index (χ1n) is 6.49. The predicted octanol–water partition coefficient (Wildman–Crippen LogP) is 3.37. The van der Waals surface area contributed by atoms with E-state index in [9.17, 15) is 0 Å². The molecule has 2 atom stereocenters. The van der Waals surface area contributed by atoms with E-state index >= 15 is 0 Å². The monoisotopic (exact) mass is 264 g/mol. The van der Waals surface area contributed by atoms with Gasteiger partial charge in [0.05, 0.1) is 5.02 Å². The zero-order valence-corrected chi connectivity index (χ0v) is 11.2. The molecule has 2 heterocycles. The normalized spacial score (nSPS) is 24.3. The lowest BCUT2D eigenvalue weighted by atomic mass is 9.87. The first-order chi connectivity index (χ1) is 8.70. The SMILES string of the molecule is CC1CCCC(Nc2nc3ccc(Cl)cn3n2)C1. The summed E-state index contributed by atoms with van der Waals surface area (Å²) in [4.78, 5) is 4.46. The van der Waals surface area contributed by atoms with E-state index in [4.69, 9.17) is 11.6 Å². The second kappa shape index (κ2) is 4.76. The first kappa shape index (κ1) is 11.8. The third-order valence-electron chi connectivity index (χ3n) is 3.56. The van der Waals surface area contributed by atoms with Gasteiger partial charge in [-0.05, 0) is 30.9 Å². The molecule has 2 unspecified atom stereocenters. The maximum atomic E-state index is 5.93. The highest BCUT2D eigenvalue weighted by Crippen LogP contribution is 2.25. The summed E-state index contributed by atoms with van der Waals surface area (Å²) in [5, 5.41) is 8.51. The second-order valence-corrected chi connectivity index (χ2v) is 5.63. The molecule has 0 bridgehead atoms. The molecule has 96 valence electrons. The van der Waals surface area contributed by atoms with Crippen molar-refractivity contribution in [3.8, 4) is 0 Å². The summed E-state index contributed by atoms with van der Waals surface area (Å²) >= 11 is 5.93. The number of rotatable bonds is 2. The number of halogens is 1. The van der Waals surface area contributed by atoms with Crippen molar-refractivity contribution in [2.45, 2.75) is 38.6 Å². The number of fused-ring (bicyclic) bond motifs is 1. The van der Waals surface area contributed by atoms with Gasteiger partial charge in [-0.3, -0.25) is 0 Å². The van der Waals surface area contributed by atoms with Crippen molar-refractivity contribution < 1.29 is 0 Å². The van der Waals surface area contributed by atoms with E-state index in [0.29, 0.717) is 17.0 Å². The quantitative estimate of drug-likeness (QED) is 0.904. The fourth-order valence-electron chi connectivity index (χ4n) is 2.67. The Balaban J connectivity index is 1.78. The summed E-state index contributed by atoms with van der Waals surface area (Å²) in [5.41, 5.74) is 0.825. The molecule has 1 aliphatic rings. The highest BCUT2D eigenvalue weighted by molar-refractivity contribution is 6.30. The molecule has 5 heteroatoms. The fourth-order valence-corrected chi connectivity index (χ4v) is 2.82. The standard InChI is InChI=1S/C13H17ClN4/c1-9-3-2-4-11(7-9)15-13-16-12-6-5-10(14)8-18(12)17-13/h5-6,8-9,11H,2-4,7H2,1H3,(H,15,17). The van der Waals surface area contributed by atoms with Crippen molar-refractivity contribution in [3.05, 3.63) is 23.4 Å². The number of hydrogen-bond acceptors (Lipinski definition) is 3. The lowest BCUT2D eigenvalue weighted by Gasteiger charge is -2.26. The summed E-state index contributed by atoms with van der Waals surface area (Å²) in [6.45, 7) is 2.31. The van der Waals surface area contributed by atoms with Gasteiger partial charge < -0.3 is 5.32 Å². The number of nitrogens with one attached hydrogen (secondary N) is 1. The third-order valence-corrected chi connectivity index (χ3v) is 3.79. The van der Waals surface area contributed by atoms with Crippen LogP contribution in [0.2, 0.25) is 5.02 Å². The Morgan fingerprint density at radius 2 is 2.28 bits per heavy atom. The second-order valence-electron chi connectivity index (χ2n) is 5.20. The van der Waals surface area contributed by atoms with Crippen molar-refractivity contribution in [2.24, 2.45) is 5.92 Å². The van der Waals surface area contributed by atoms with Crippen molar-refractivity contribution in [2.75, 3.05) is 5.32 Å². The topological polar surface area (TPSA) is 42.2 Å². The Kier molecular flexibility index (Phi) is 3.12. The molecule has 2 aromatic heterocycles. The van der Waals surface area contributed by atoms with E-state index in [1.807, 2.05) is 12.1 Å².